The van der Waals surface area contributed by atoms with Gasteiger partial charge in [0.15, 0.2) is 5.82 Å². The van der Waals surface area contributed by atoms with Crippen molar-refractivity contribution in [1.82, 2.24) is 19.8 Å². The largest absolute Gasteiger partial charge is 0.480 e. The molecule has 3 amide bonds. The molecular weight excluding hydrogens is 502 g/mol. The van der Waals surface area contributed by atoms with Gasteiger partial charge in [0, 0.05) is 53.2 Å². The zero-order valence-electron chi connectivity index (χ0n) is 23.4. The van der Waals surface area contributed by atoms with Gasteiger partial charge in [0.25, 0.3) is 0 Å². The summed E-state index contributed by atoms with van der Waals surface area (Å²) >= 11 is 0. The molecule has 1 aliphatic heterocycles. The minimum atomic E-state index is -1.07. The van der Waals surface area contributed by atoms with Crippen LogP contribution in [0.3, 0.4) is 0 Å². The second kappa shape index (κ2) is 13.6. The van der Waals surface area contributed by atoms with E-state index in [2.05, 4.69) is 15.3 Å². The molecule has 0 spiro atoms. The molecule has 1 aliphatic rings. The van der Waals surface area contributed by atoms with Crippen molar-refractivity contribution in [3.05, 3.63) is 36.0 Å². The Kier molecular flexibility index (Phi) is 10.3. The first-order valence-electron chi connectivity index (χ1n) is 13.3. The van der Waals surface area contributed by atoms with E-state index in [9.17, 15) is 19.5 Å². The van der Waals surface area contributed by atoms with Crippen LogP contribution in [0.1, 0.15) is 39.2 Å². The quantitative estimate of drug-likeness (QED) is 0.438. The first-order valence-corrected chi connectivity index (χ1v) is 13.3. The number of amides is 3. The first kappa shape index (κ1) is 29.5. The summed E-state index contributed by atoms with van der Waals surface area (Å²) < 4.78 is 5.45. The predicted molar refractivity (Wildman–Crippen MR) is 150 cm³/mol. The third-order valence-corrected chi connectivity index (χ3v) is 6.57. The molecule has 1 atom stereocenters. The van der Waals surface area contributed by atoms with E-state index < -0.39 is 12.0 Å². The molecule has 1 unspecified atom stereocenters. The van der Waals surface area contributed by atoms with E-state index in [1.165, 1.54) is 9.80 Å². The molecule has 212 valence electrons. The summed E-state index contributed by atoms with van der Waals surface area (Å²) in [5, 5.41) is 13.1. The summed E-state index contributed by atoms with van der Waals surface area (Å²) in [6, 6.07) is 5.47. The Bertz CT molecular complexity index is 1130. The van der Waals surface area contributed by atoms with Gasteiger partial charge in [-0.15, -0.1) is 0 Å². The lowest BCUT2D eigenvalue weighted by Crippen LogP contribution is -2.40. The fourth-order valence-corrected chi connectivity index (χ4v) is 4.34. The summed E-state index contributed by atoms with van der Waals surface area (Å²) in [6.45, 7) is 8.85. The average molecular weight is 542 g/mol. The van der Waals surface area contributed by atoms with Crippen molar-refractivity contribution in [3.8, 4) is 5.75 Å². The molecule has 12 nitrogen and oxygen atoms in total. The minimum absolute atomic E-state index is 0.132. The number of hydrogen-bond acceptors (Lipinski definition) is 8. The van der Waals surface area contributed by atoms with Crippen molar-refractivity contribution in [1.29, 1.82) is 0 Å². The van der Waals surface area contributed by atoms with Crippen molar-refractivity contribution in [2.45, 2.75) is 46.1 Å². The Hall–Kier alpha value is -4.09. The van der Waals surface area contributed by atoms with Gasteiger partial charge in [0.1, 0.15) is 17.5 Å². The van der Waals surface area contributed by atoms with E-state index in [4.69, 9.17) is 4.74 Å². The van der Waals surface area contributed by atoms with E-state index in [1.54, 1.807) is 49.5 Å². The van der Waals surface area contributed by atoms with Crippen LogP contribution in [0.5, 0.6) is 5.75 Å². The zero-order chi connectivity index (χ0) is 28.5. The summed E-state index contributed by atoms with van der Waals surface area (Å²) in [7, 11) is 3.30. The van der Waals surface area contributed by atoms with Crippen molar-refractivity contribution in [2.75, 3.05) is 61.9 Å². The van der Waals surface area contributed by atoms with Crippen molar-refractivity contribution in [3.63, 3.8) is 0 Å². The maximum atomic E-state index is 12.9. The molecule has 0 bridgehead atoms. The number of hydrogen-bond donors (Lipinski definition) is 2. The van der Waals surface area contributed by atoms with Crippen LogP contribution in [-0.2, 0) is 11.2 Å². The number of anilines is 3. The summed E-state index contributed by atoms with van der Waals surface area (Å²) in [5.74, 6) is 0.0223. The average Bonchev–Trinajstić information content (AvgIpc) is 3.46. The molecule has 2 N–H and O–H groups in total. The molecule has 0 saturated carbocycles. The highest BCUT2D eigenvalue weighted by Gasteiger charge is 2.26. The third-order valence-electron chi connectivity index (χ3n) is 6.57. The second-order valence-electron chi connectivity index (χ2n) is 9.44. The fraction of sp³-hybridized carbons (Fsp3) is 0.519. The molecule has 2 heterocycles. The predicted octanol–water partition coefficient (Wildman–Crippen LogP) is 3.53. The van der Waals surface area contributed by atoms with E-state index in [1.807, 2.05) is 25.7 Å². The zero-order valence-corrected chi connectivity index (χ0v) is 23.4. The van der Waals surface area contributed by atoms with Crippen LogP contribution < -0.4 is 19.9 Å². The van der Waals surface area contributed by atoms with Crippen LogP contribution in [0.2, 0.25) is 0 Å². The summed E-state index contributed by atoms with van der Waals surface area (Å²) in [4.78, 5) is 53.1. The Balaban J connectivity index is 1.85. The highest BCUT2D eigenvalue weighted by Crippen LogP contribution is 2.28. The van der Waals surface area contributed by atoms with Crippen molar-refractivity contribution < 1.29 is 24.2 Å². The van der Waals surface area contributed by atoms with E-state index in [-0.39, 0.29) is 24.4 Å². The molecule has 1 aromatic heterocycles. The van der Waals surface area contributed by atoms with E-state index in [0.29, 0.717) is 50.1 Å². The van der Waals surface area contributed by atoms with Gasteiger partial charge in [-0.25, -0.2) is 19.4 Å². The Morgan fingerprint density at radius 1 is 1.05 bits per heavy atom. The van der Waals surface area contributed by atoms with Crippen molar-refractivity contribution >= 4 is 35.5 Å². The van der Waals surface area contributed by atoms with Crippen LogP contribution in [-0.4, -0.2) is 95.8 Å². The Morgan fingerprint density at radius 3 is 2.23 bits per heavy atom. The van der Waals surface area contributed by atoms with Gasteiger partial charge in [-0.3, -0.25) is 4.90 Å². The van der Waals surface area contributed by atoms with Crippen LogP contribution in [0.15, 0.2) is 30.5 Å². The van der Waals surface area contributed by atoms with Crippen LogP contribution in [0.25, 0.3) is 0 Å². The lowest BCUT2D eigenvalue weighted by atomic mass is 10.1. The molecule has 1 aromatic carbocycles. The summed E-state index contributed by atoms with van der Waals surface area (Å²) in [5.41, 5.74) is 1.12. The number of nitrogens with one attached hydrogen (secondary N) is 1. The smallest absolute Gasteiger partial charge is 0.415 e. The number of likely N-dealkylation sites (tertiary alicyclic amines) is 1. The third kappa shape index (κ3) is 7.49. The fourth-order valence-electron chi connectivity index (χ4n) is 4.34. The van der Waals surface area contributed by atoms with E-state index >= 15 is 0 Å². The second-order valence-corrected chi connectivity index (χ2v) is 9.44. The maximum Gasteiger partial charge on any atom is 0.415 e. The molecule has 1 fully saturated rings. The molecule has 0 radical (unpaired) electrons. The van der Waals surface area contributed by atoms with Crippen LogP contribution in [0, 0.1) is 0 Å². The van der Waals surface area contributed by atoms with Gasteiger partial charge < -0.3 is 29.9 Å². The summed E-state index contributed by atoms with van der Waals surface area (Å²) in [6.07, 6.45) is 3.26. The molecule has 0 aliphatic carbocycles. The normalized spacial score (nSPS) is 13.5. The van der Waals surface area contributed by atoms with Crippen LogP contribution >= 0.6 is 0 Å². The number of carboxylic acids is 1. The molecule has 39 heavy (non-hydrogen) atoms. The Morgan fingerprint density at radius 2 is 1.69 bits per heavy atom. The van der Waals surface area contributed by atoms with Gasteiger partial charge in [-0.05, 0) is 51.3 Å². The van der Waals surface area contributed by atoms with Gasteiger partial charge >= 0.3 is 18.1 Å². The standard InChI is InChI=1S/C27H39N7O5/c1-6-32(7-2)25-28-18-22(34(8-3)26(37)31(4)5)23(30-25)29-21(24(35)36)17-19-11-13-20(14-12-19)39-27(38)33-15-9-10-16-33/h11-14,18,21H,6-10,15-17H2,1-5H3,(H,35,36)(H,28,29,30). The van der Waals surface area contributed by atoms with E-state index in [0.717, 1.165) is 18.4 Å². The molecular formula is C27H39N7O5. The van der Waals surface area contributed by atoms with Gasteiger partial charge in [-0.1, -0.05) is 12.1 Å². The number of aliphatic carboxylic acids is 1. The molecule has 12 heteroatoms. The molecule has 3 rings (SSSR count). The number of carboxylic acid groups (broad SMARTS) is 1. The highest BCUT2D eigenvalue weighted by atomic mass is 16.6. The maximum absolute atomic E-state index is 12.9. The van der Waals surface area contributed by atoms with Crippen LogP contribution in [0.4, 0.5) is 27.0 Å². The number of urea groups is 1. The highest BCUT2D eigenvalue weighted by molar-refractivity contribution is 5.95. The number of benzene rings is 1. The number of nitrogens with zero attached hydrogens (tertiary/aromatic N) is 6. The molecule has 2 aromatic rings. The number of ether oxygens (including phenoxy) is 1. The number of rotatable bonds is 11. The first-order chi connectivity index (χ1) is 18.7. The topological polar surface area (TPSA) is 131 Å². The minimum Gasteiger partial charge on any atom is -0.480 e. The SMILES string of the molecule is CCN(CC)c1ncc(N(CC)C(=O)N(C)C)c(NC(Cc2ccc(OC(=O)N3CCCC3)cc2)C(=O)O)n1. The van der Waals surface area contributed by atoms with Gasteiger partial charge in [-0.2, -0.15) is 4.98 Å². The number of carbonyl (C=O) groups is 3. The Labute approximate surface area is 229 Å². The van der Waals surface area contributed by atoms with Crippen molar-refractivity contribution in [2.24, 2.45) is 0 Å². The molecule has 1 saturated heterocycles. The van der Waals surface area contributed by atoms with Gasteiger partial charge in [0.2, 0.25) is 5.95 Å². The monoisotopic (exact) mass is 541 g/mol. The van der Waals surface area contributed by atoms with Gasteiger partial charge in [0.05, 0.1) is 6.20 Å². The number of carbonyl (C=O) groups excluding carboxylic acids is 2. The lowest BCUT2D eigenvalue weighted by molar-refractivity contribution is -0.137. The number of aromatic nitrogens is 2. The lowest BCUT2D eigenvalue weighted by Gasteiger charge is -2.28.